The number of hydrogen-bond acceptors (Lipinski definition) is 4. The fourth-order valence-corrected chi connectivity index (χ4v) is 2.29. The molecule has 2 saturated heterocycles. The van der Waals surface area contributed by atoms with Gasteiger partial charge in [0.15, 0.2) is 0 Å². The molecule has 14 heavy (non-hydrogen) atoms. The molecule has 2 rings (SSSR count). The molecule has 0 atom stereocenters. The van der Waals surface area contributed by atoms with Crippen molar-refractivity contribution >= 4 is 0 Å². The van der Waals surface area contributed by atoms with Gasteiger partial charge in [0.1, 0.15) is 5.54 Å². The molecule has 4 nitrogen and oxygen atoms in total. The van der Waals surface area contributed by atoms with E-state index in [4.69, 9.17) is 0 Å². The first-order valence-corrected chi connectivity index (χ1v) is 5.19. The lowest BCUT2D eigenvalue weighted by Gasteiger charge is -2.49. The first-order chi connectivity index (χ1) is 6.66. The van der Waals surface area contributed by atoms with E-state index in [1.54, 1.807) is 0 Å². The lowest BCUT2D eigenvalue weighted by Crippen LogP contribution is -2.64. The zero-order valence-corrected chi connectivity index (χ0v) is 8.61. The van der Waals surface area contributed by atoms with E-state index >= 15 is 0 Å². The standard InChI is InChI=1S/C10H17N3O/c1-12-4-2-10(8-11,3-5-12)13-6-9(14)7-13/h9,14H,2-7H2,1H3. The average molecular weight is 195 g/mol. The summed E-state index contributed by atoms with van der Waals surface area (Å²) in [5, 5.41) is 18.5. The summed E-state index contributed by atoms with van der Waals surface area (Å²) >= 11 is 0. The number of piperidine rings is 1. The molecule has 0 aromatic rings. The van der Waals surface area contributed by atoms with Crippen LogP contribution in [-0.2, 0) is 0 Å². The summed E-state index contributed by atoms with van der Waals surface area (Å²) in [5.41, 5.74) is -0.286. The molecule has 0 aromatic heterocycles. The van der Waals surface area contributed by atoms with E-state index in [1.165, 1.54) is 0 Å². The summed E-state index contributed by atoms with van der Waals surface area (Å²) < 4.78 is 0. The van der Waals surface area contributed by atoms with E-state index in [-0.39, 0.29) is 11.6 Å². The molecule has 2 aliphatic heterocycles. The van der Waals surface area contributed by atoms with Gasteiger partial charge in [0.05, 0.1) is 12.2 Å². The summed E-state index contributed by atoms with van der Waals surface area (Å²) in [6.45, 7) is 3.33. The van der Waals surface area contributed by atoms with Crippen LogP contribution in [0.25, 0.3) is 0 Å². The molecule has 2 fully saturated rings. The number of nitriles is 1. The first kappa shape index (κ1) is 9.91. The van der Waals surface area contributed by atoms with Gasteiger partial charge in [-0.1, -0.05) is 0 Å². The molecule has 2 aliphatic rings. The van der Waals surface area contributed by atoms with Crippen LogP contribution < -0.4 is 0 Å². The van der Waals surface area contributed by atoms with Crippen LogP contribution in [-0.4, -0.2) is 59.8 Å². The normalized spacial score (nSPS) is 29.5. The van der Waals surface area contributed by atoms with Gasteiger partial charge in [-0.25, -0.2) is 0 Å². The van der Waals surface area contributed by atoms with Gasteiger partial charge in [0.2, 0.25) is 0 Å². The number of aliphatic hydroxyl groups excluding tert-OH is 1. The molecule has 0 radical (unpaired) electrons. The Morgan fingerprint density at radius 3 is 2.36 bits per heavy atom. The Kier molecular flexibility index (Phi) is 2.48. The zero-order chi connectivity index (χ0) is 10.2. The van der Waals surface area contributed by atoms with E-state index in [0.717, 1.165) is 25.9 Å². The number of β-amino-alcohol motifs (C(OH)–C–C–N with tert-alkyl or cyclic N) is 1. The Balaban J connectivity index is 2.01. The minimum atomic E-state index is -0.286. The van der Waals surface area contributed by atoms with E-state index in [0.29, 0.717) is 13.1 Å². The maximum atomic E-state index is 9.26. The van der Waals surface area contributed by atoms with Crippen LogP contribution in [0.15, 0.2) is 0 Å². The van der Waals surface area contributed by atoms with Crippen molar-refractivity contribution in [1.82, 2.24) is 9.80 Å². The van der Waals surface area contributed by atoms with Crippen molar-refractivity contribution in [2.45, 2.75) is 24.5 Å². The van der Waals surface area contributed by atoms with Gasteiger partial charge in [0.25, 0.3) is 0 Å². The van der Waals surface area contributed by atoms with Crippen LogP contribution in [0.3, 0.4) is 0 Å². The minimum absolute atomic E-state index is 0.208. The van der Waals surface area contributed by atoms with Crippen LogP contribution in [0.4, 0.5) is 0 Å². The van der Waals surface area contributed by atoms with Gasteiger partial charge in [0, 0.05) is 26.2 Å². The summed E-state index contributed by atoms with van der Waals surface area (Å²) in [7, 11) is 2.09. The first-order valence-electron chi connectivity index (χ1n) is 5.19. The number of rotatable bonds is 1. The smallest absolute Gasteiger partial charge is 0.111 e. The van der Waals surface area contributed by atoms with Gasteiger partial charge in [-0.2, -0.15) is 5.26 Å². The van der Waals surface area contributed by atoms with Gasteiger partial charge in [-0.15, -0.1) is 0 Å². The topological polar surface area (TPSA) is 50.5 Å². The minimum Gasteiger partial charge on any atom is -0.390 e. The molecule has 0 aliphatic carbocycles. The third-order valence-corrected chi connectivity index (χ3v) is 3.49. The van der Waals surface area contributed by atoms with Gasteiger partial charge in [-0.3, -0.25) is 4.90 Å². The molecule has 4 heteroatoms. The Morgan fingerprint density at radius 2 is 1.93 bits per heavy atom. The van der Waals surface area contributed by atoms with Crippen molar-refractivity contribution < 1.29 is 5.11 Å². The third-order valence-electron chi connectivity index (χ3n) is 3.49. The summed E-state index contributed by atoms with van der Waals surface area (Å²) in [6, 6.07) is 2.45. The predicted molar refractivity (Wildman–Crippen MR) is 52.7 cm³/mol. The lowest BCUT2D eigenvalue weighted by molar-refractivity contribution is -0.0645. The number of aliphatic hydroxyl groups is 1. The molecule has 0 saturated carbocycles. The Hall–Kier alpha value is -0.630. The van der Waals surface area contributed by atoms with E-state index in [9.17, 15) is 10.4 Å². The number of hydrogen-bond donors (Lipinski definition) is 1. The highest BCUT2D eigenvalue weighted by atomic mass is 16.3. The third kappa shape index (κ3) is 1.52. The molecule has 0 unspecified atom stereocenters. The van der Waals surface area contributed by atoms with Gasteiger partial charge >= 0.3 is 0 Å². The molecule has 0 bridgehead atoms. The zero-order valence-electron chi connectivity index (χ0n) is 8.61. The SMILES string of the molecule is CN1CCC(C#N)(N2CC(O)C2)CC1. The summed E-state index contributed by atoms with van der Waals surface area (Å²) in [6.07, 6.45) is 1.61. The summed E-state index contributed by atoms with van der Waals surface area (Å²) in [4.78, 5) is 4.39. The second kappa shape index (κ2) is 3.50. The van der Waals surface area contributed by atoms with Crippen molar-refractivity contribution in [3.8, 4) is 6.07 Å². The van der Waals surface area contributed by atoms with Gasteiger partial charge in [-0.05, 0) is 19.9 Å². The number of likely N-dealkylation sites (tertiary alicyclic amines) is 2. The maximum absolute atomic E-state index is 9.26. The molecular weight excluding hydrogens is 178 g/mol. The predicted octanol–water partition coefficient (Wildman–Crippen LogP) is -0.349. The van der Waals surface area contributed by atoms with E-state index < -0.39 is 0 Å². The number of nitrogens with zero attached hydrogens (tertiary/aromatic N) is 3. The van der Waals surface area contributed by atoms with Crippen LogP contribution in [0.2, 0.25) is 0 Å². The Labute approximate surface area is 84.7 Å². The highest BCUT2D eigenvalue weighted by molar-refractivity contribution is 5.13. The highest BCUT2D eigenvalue weighted by Crippen LogP contribution is 2.31. The average Bonchev–Trinajstić information content (AvgIpc) is 2.16. The largest absolute Gasteiger partial charge is 0.390 e. The molecule has 0 amide bonds. The molecule has 2 heterocycles. The van der Waals surface area contributed by atoms with E-state index in [2.05, 4.69) is 22.9 Å². The van der Waals surface area contributed by atoms with E-state index in [1.807, 2.05) is 0 Å². The monoisotopic (exact) mass is 195 g/mol. The summed E-state index contributed by atoms with van der Waals surface area (Å²) in [5.74, 6) is 0. The lowest BCUT2D eigenvalue weighted by atomic mass is 9.84. The van der Waals surface area contributed by atoms with Crippen LogP contribution in [0.1, 0.15) is 12.8 Å². The van der Waals surface area contributed by atoms with Gasteiger partial charge < -0.3 is 10.0 Å². The molecule has 1 N–H and O–H groups in total. The molecular formula is C10H17N3O. The quantitative estimate of drug-likeness (QED) is 0.621. The molecule has 78 valence electrons. The van der Waals surface area contributed by atoms with Crippen molar-refractivity contribution in [3.05, 3.63) is 0 Å². The fourth-order valence-electron chi connectivity index (χ4n) is 2.29. The van der Waals surface area contributed by atoms with Crippen molar-refractivity contribution in [1.29, 1.82) is 5.26 Å². The van der Waals surface area contributed by atoms with Crippen LogP contribution >= 0.6 is 0 Å². The second-order valence-corrected chi connectivity index (χ2v) is 4.51. The Morgan fingerprint density at radius 1 is 1.36 bits per heavy atom. The highest BCUT2D eigenvalue weighted by Gasteiger charge is 2.44. The van der Waals surface area contributed by atoms with Crippen molar-refractivity contribution in [2.75, 3.05) is 33.2 Å². The van der Waals surface area contributed by atoms with Crippen LogP contribution in [0, 0.1) is 11.3 Å². The molecule has 0 aromatic carbocycles. The second-order valence-electron chi connectivity index (χ2n) is 4.51. The maximum Gasteiger partial charge on any atom is 0.111 e. The van der Waals surface area contributed by atoms with Crippen molar-refractivity contribution in [3.63, 3.8) is 0 Å². The molecule has 0 spiro atoms. The fraction of sp³-hybridized carbons (Fsp3) is 0.900. The van der Waals surface area contributed by atoms with Crippen molar-refractivity contribution in [2.24, 2.45) is 0 Å². The van der Waals surface area contributed by atoms with Crippen LogP contribution in [0.5, 0.6) is 0 Å². The Bertz CT molecular complexity index is 247.